The average Bonchev–Trinajstić information content (AvgIpc) is 3.13. The number of rotatable bonds is 8. The largest absolute Gasteiger partial charge is 0.306 e. The molecule has 0 saturated carbocycles. The van der Waals surface area contributed by atoms with Crippen LogP contribution >= 0.6 is 22.7 Å². The second-order valence-corrected chi connectivity index (χ2v) is 6.78. The number of thiophene rings is 1. The standard InChI is InChI=1S/C15H21N3OS2/c1-3-4-8-18(2)9-7-14(19)17-15-16-12(11-21-15)13-6-5-10-20-13/h5-6,10-11H,3-4,7-9H2,1-2H3,(H,16,17,19). The first-order valence-corrected chi connectivity index (χ1v) is 8.92. The van der Waals surface area contributed by atoms with Crippen LogP contribution in [0.15, 0.2) is 22.9 Å². The second-order valence-electron chi connectivity index (χ2n) is 4.97. The fourth-order valence-corrected chi connectivity index (χ4v) is 3.37. The third-order valence-electron chi connectivity index (χ3n) is 3.14. The zero-order valence-corrected chi connectivity index (χ0v) is 14.1. The van der Waals surface area contributed by atoms with Gasteiger partial charge in [-0.3, -0.25) is 4.79 Å². The summed E-state index contributed by atoms with van der Waals surface area (Å²) in [6.07, 6.45) is 2.87. The van der Waals surface area contributed by atoms with Crippen molar-refractivity contribution in [2.45, 2.75) is 26.2 Å². The molecule has 0 aromatic carbocycles. The molecule has 0 unspecified atom stereocenters. The molecule has 0 bridgehead atoms. The highest BCUT2D eigenvalue weighted by Gasteiger charge is 2.09. The van der Waals surface area contributed by atoms with E-state index in [0.717, 1.165) is 23.7 Å². The van der Waals surface area contributed by atoms with Crippen LogP contribution in [-0.2, 0) is 4.79 Å². The molecule has 2 heterocycles. The van der Waals surface area contributed by atoms with E-state index in [1.54, 1.807) is 11.3 Å². The number of nitrogens with one attached hydrogen (secondary N) is 1. The maximum Gasteiger partial charge on any atom is 0.227 e. The molecule has 4 nitrogen and oxygen atoms in total. The molecule has 2 aromatic heterocycles. The van der Waals surface area contributed by atoms with Crippen LogP contribution in [-0.4, -0.2) is 35.9 Å². The first-order chi connectivity index (χ1) is 10.2. The van der Waals surface area contributed by atoms with Gasteiger partial charge in [0.05, 0.1) is 10.6 Å². The van der Waals surface area contributed by atoms with E-state index in [-0.39, 0.29) is 5.91 Å². The van der Waals surface area contributed by atoms with Crippen LogP contribution in [0.2, 0.25) is 0 Å². The molecule has 0 saturated heterocycles. The van der Waals surface area contributed by atoms with Crippen LogP contribution in [0, 0.1) is 0 Å². The number of aromatic nitrogens is 1. The zero-order valence-electron chi connectivity index (χ0n) is 12.5. The molecule has 6 heteroatoms. The highest BCUT2D eigenvalue weighted by Crippen LogP contribution is 2.28. The summed E-state index contributed by atoms with van der Waals surface area (Å²) >= 11 is 3.13. The van der Waals surface area contributed by atoms with Crippen molar-refractivity contribution < 1.29 is 4.79 Å². The van der Waals surface area contributed by atoms with Crippen molar-refractivity contribution in [2.75, 3.05) is 25.5 Å². The number of unbranched alkanes of at least 4 members (excludes halogenated alkanes) is 1. The van der Waals surface area contributed by atoms with E-state index in [4.69, 9.17) is 0 Å². The molecule has 2 rings (SSSR count). The molecule has 1 amide bonds. The van der Waals surface area contributed by atoms with E-state index >= 15 is 0 Å². The molecule has 0 spiro atoms. The third-order valence-corrected chi connectivity index (χ3v) is 4.79. The number of amides is 1. The number of thiazole rings is 1. The number of hydrogen-bond acceptors (Lipinski definition) is 5. The van der Waals surface area contributed by atoms with Gasteiger partial charge in [0.15, 0.2) is 5.13 Å². The summed E-state index contributed by atoms with van der Waals surface area (Å²) in [5.41, 5.74) is 0.936. The van der Waals surface area contributed by atoms with Gasteiger partial charge < -0.3 is 10.2 Å². The first kappa shape index (κ1) is 16.1. The Labute approximate surface area is 133 Å². The van der Waals surface area contributed by atoms with Gasteiger partial charge in [0.25, 0.3) is 0 Å². The predicted octanol–water partition coefficient (Wildman–Crippen LogP) is 3.93. The van der Waals surface area contributed by atoms with Crippen LogP contribution in [0.5, 0.6) is 0 Å². The van der Waals surface area contributed by atoms with Gasteiger partial charge in [-0.05, 0) is 31.5 Å². The topological polar surface area (TPSA) is 45.2 Å². The Morgan fingerprint density at radius 2 is 2.24 bits per heavy atom. The van der Waals surface area contributed by atoms with Gasteiger partial charge in [-0.1, -0.05) is 19.4 Å². The van der Waals surface area contributed by atoms with Crippen molar-refractivity contribution in [1.82, 2.24) is 9.88 Å². The van der Waals surface area contributed by atoms with Gasteiger partial charge in [-0.2, -0.15) is 0 Å². The van der Waals surface area contributed by atoms with Crippen molar-refractivity contribution in [3.8, 4) is 10.6 Å². The van der Waals surface area contributed by atoms with Crippen LogP contribution in [0.1, 0.15) is 26.2 Å². The van der Waals surface area contributed by atoms with Gasteiger partial charge in [0.1, 0.15) is 0 Å². The minimum absolute atomic E-state index is 0.0328. The molecule has 0 atom stereocenters. The molecular weight excluding hydrogens is 302 g/mol. The number of carbonyl (C=O) groups excluding carboxylic acids is 1. The highest BCUT2D eigenvalue weighted by molar-refractivity contribution is 7.16. The zero-order chi connectivity index (χ0) is 15.1. The molecule has 0 aliphatic carbocycles. The van der Waals surface area contributed by atoms with E-state index in [2.05, 4.69) is 29.2 Å². The van der Waals surface area contributed by atoms with Crippen molar-refractivity contribution in [3.63, 3.8) is 0 Å². The Bertz CT molecular complexity index is 551. The van der Waals surface area contributed by atoms with Gasteiger partial charge in [-0.25, -0.2) is 4.98 Å². The lowest BCUT2D eigenvalue weighted by atomic mass is 10.3. The van der Waals surface area contributed by atoms with E-state index in [1.165, 1.54) is 24.2 Å². The molecule has 1 N–H and O–H groups in total. The van der Waals surface area contributed by atoms with Gasteiger partial charge >= 0.3 is 0 Å². The number of carbonyl (C=O) groups is 1. The summed E-state index contributed by atoms with van der Waals surface area (Å²) in [6.45, 7) is 4.01. The molecule has 0 fully saturated rings. The molecular formula is C15H21N3OS2. The van der Waals surface area contributed by atoms with Crippen molar-refractivity contribution in [2.24, 2.45) is 0 Å². The average molecular weight is 323 g/mol. The summed E-state index contributed by atoms with van der Waals surface area (Å²) in [5, 5.41) is 7.57. The van der Waals surface area contributed by atoms with Crippen molar-refractivity contribution >= 4 is 33.7 Å². The first-order valence-electron chi connectivity index (χ1n) is 7.17. The molecule has 2 aromatic rings. The molecule has 21 heavy (non-hydrogen) atoms. The van der Waals surface area contributed by atoms with Gasteiger partial charge in [0, 0.05) is 18.3 Å². The Balaban J connectivity index is 1.78. The predicted molar refractivity (Wildman–Crippen MR) is 91.1 cm³/mol. The van der Waals surface area contributed by atoms with E-state index in [9.17, 15) is 4.79 Å². The summed E-state index contributed by atoms with van der Waals surface area (Å²) in [5.74, 6) is 0.0328. The Hall–Kier alpha value is -1.24. The lowest BCUT2D eigenvalue weighted by molar-refractivity contribution is -0.116. The Kier molecular flexibility index (Phi) is 6.35. The quantitative estimate of drug-likeness (QED) is 0.800. The Morgan fingerprint density at radius 1 is 1.38 bits per heavy atom. The van der Waals surface area contributed by atoms with Crippen molar-refractivity contribution in [3.05, 3.63) is 22.9 Å². The Morgan fingerprint density at radius 3 is 2.95 bits per heavy atom. The monoisotopic (exact) mass is 323 g/mol. The minimum Gasteiger partial charge on any atom is -0.306 e. The number of nitrogens with zero attached hydrogens (tertiary/aromatic N) is 2. The molecule has 0 aliphatic rings. The fourth-order valence-electron chi connectivity index (χ4n) is 1.88. The van der Waals surface area contributed by atoms with E-state index in [0.29, 0.717) is 11.6 Å². The fraction of sp³-hybridized carbons (Fsp3) is 0.467. The van der Waals surface area contributed by atoms with Gasteiger partial charge in [0.2, 0.25) is 5.91 Å². The van der Waals surface area contributed by atoms with Crippen LogP contribution in [0.25, 0.3) is 10.6 Å². The van der Waals surface area contributed by atoms with E-state index < -0.39 is 0 Å². The van der Waals surface area contributed by atoms with Crippen LogP contribution < -0.4 is 5.32 Å². The smallest absolute Gasteiger partial charge is 0.227 e. The van der Waals surface area contributed by atoms with E-state index in [1.807, 2.05) is 22.9 Å². The molecule has 114 valence electrons. The van der Waals surface area contributed by atoms with Gasteiger partial charge in [-0.15, -0.1) is 22.7 Å². The minimum atomic E-state index is 0.0328. The second kappa shape index (κ2) is 8.26. The summed E-state index contributed by atoms with van der Waals surface area (Å²) in [4.78, 5) is 19.7. The lowest BCUT2D eigenvalue weighted by Crippen LogP contribution is -2.25. The SMILES string of the molecule is CCCCN(C)CCC(=O)Nc1nc(-c2cccs2)cs1. The normalized spacial score (nSPS) is 11.0. The maximum absolute atomic E-state index is 11.9. The third kappa shape index (κ3) is 5.22. The lowest BCUT2D eigenvalue weighted by Gasteiger charge is -2.15. The van der Waals surface area contributed by atoms with Crippen molar-refractivity contribution in [1.29, 1.82) is 0 Å². The molecule has 0 radical (unpaired) electrons. The van der Waals surface area contributed by atoms with Crippen LogP contribution in [0.3, 0.4) is 0 Å². The molecule has 0 aliphatic heterocycles. The summed E-state index contributed by atoms with van der Waals surface area (Å²) in [7, 11) is 2.06. The van der Waals surface area contributed by atoms with Crippen LogP contribution in [0.4, 0.5) is 5.13 Å². The number of anilines is 1. The summed E-state index contributed by atoms with van der Waals surface area (Å²) in [6, 6.07) is 4.04. The maximum atomic E-state index is 11.9. The highest BCUT2D eigenvalue weighted by atomic mass is 32.1. The number of hydrogen-bond donors (Lipinski definition) is 1. The summed E-state index contributed by atoms with van der Waals surface area (Å²) < 4.78 is 0.